The summed E-state index contributed by atoms with van der Waals surface area (Å²) in [5, 5.41) is 3.63. The Hall–Kier alpha value is -2.55. The summed E-state index contributed by atoms with van der Waals surface area (Å²) in [4.78, 5) is 0. The van der Waals surface area contributed by atoms with E-state index in [0.717, 1.165) is 0 Å². The molecule has 0 spiro atoms. The van der Waals surface area contributed by atoms with E-state index in [1.54, 1.807) is 11.1 Å². The average Bonchev–Trinajstić information content (AvgIpc) is 3.50. The van der Waals surface area contributed by atoms with Gasteiger partial charge in [-0.2, -0.15) is 0 Å². The molecule has 1 heterocycles. The Morgan fingerprint density at radius 3 is 1.25 bits per heavy atom. The van der Waals surface area contributed by atoms with Crippen LogP contribution in [0, 0.1) is 27.7 Å². The fourth-order valence-corrected chi connectivity index (χ4v) is 40.8. The Kier molecular flexibility index (Phi) is 5.91. The summed E-state index contributed by atoms with van der Waals surface area (Å²) < 4.78 is 6.89. The van der Waals surface area contributed by atoms with Gasteiger partial charge in [0.2, 0.25) is 0 Å². The number of hydrogen-bond donors (Lipinski definition) is 0. The van der Waals surface area contributed by atoms with Crippen LogP contribution in [0.2, 0.25) is 22.5 Å². The van der Waals surface area contributed by atoms with Crippen molar-refractivity contribution in [1.82, 2.24) is 0 Å². The molecule has 0 aromatic heterocycles. The van der Waals surface area contributed by atoms with Crippen LogP contribution in [-0.4, -0.2) is 8.07 Å². The molecular formula is C38H40HfSi. The van der Waals surface area contributed by atoms with Gasteiger partial charge in [0.1, 0.15) is 0 Å². The Morgan fingerprint density at radius 2 is 0.875 bits per heavy atom. The molecule has 200 valence electrons. The number of hydrogen-bond acceptors (Lipinski definition) is 0. The number of benzene rings is 4. The molecule has 0 amide bonds. The maximum absolute atomic E-state index is 3.00. The first-order valence-electron chi connectivity index (χ1n) is 14.9. The van der Waals surface area contributed by atoms with Crippen LogP contribution >= 0.6 is 0 Å². The molecule has 4 aromatic carbocycles. The Bertz CT molecular complexity index is 1630. The van der Waals surface area contributed by atoms with Crippen molar-refractivity contribution in [3.63, 3.8) is 0 Å². The quantitative estimate of drug-likeness (QED) is 0.182. The zero-order valence-electron chi connectivity index (χ0n) is 25.2. The van der Waals surface area contributed by atoms with E-state index in [2.05, 4.69) is 135 Å². The van der Waals surface area contributed by atoms with Crippen molar-refractivity contribution in [2.24, 2.45) is 0 Å². The van der Waals surface area contributed by atoms with Crippen LogP contribution in [0.1, 0.15) is 51.9 Å². The van der Waals surface area contributed by atoms with Crippen LogP contribution < -0.4 is 0 Å². The first kappa shape index (κ1) is 26.4. The van der Waals surface area contributed by atoms with Gasteiger partial charge in [-0.05, 0) is 0 Å². The van der Waals surface area contributed by atoms with Gasteiger partial charge in [-0.15, -0.1) is 0 Å². The number of fused-ring (bicyclic) bond motifs is 6. The van der Waals surface area contributed by atoms with Crippen LogP contribution in [0.4, 0.5) is 0 Å². The zero-order chi connectivity index (χ0) is 28.1. The van der Waals surface area contributed by atoms with E-state index >= 15 is 0 Å². The summed E-state index contributed by atoms with van der Waals surface area (Å²) in [5.41, 5.74) is 17.6. The Balaban J connectivity index is 1.46. The van der Waals surface area contributed by atoms with Crippen molar-refractivity contribution in [3.8, 4) is 22.3 Å². The van der Waals surface area contributed by atoms with Crippen molar-refractivity contribution >= 4 is 20.2 Å². The molecule has 2 atom stereocenters. The standard InChI is InChI=1S/C36H34Si.2CH3.Hf/c1-23-11-7-12-24(2)35(23)31-17-9-15-27-19-29(21-33(27)31)37(5,6)30-20-28-16-10-18-32(34(28)22-30)36-25(3)13-8-14-26(36)4;;;/h7-22H,1-6H3;2*1H3;. The van der Waals surface area contributed by atoms with Crippen molar-refractivity contribution in [3.05, 3.63) is 128 Å². The van der Waals surface area contributed by atoms with Gasteiger partial charge < -0.3 is 0 Å². The first-order valence-corrected chi connectivity index (χ1v) is 29.2. The van der Waals surface area contributed by atoms with Gasteiger partial charge in [0.15, 0.2) is 0 Å². The third kappa shape index (κ3) is 3.51. The van der Waals surface area contributed by atoms with E-state index in [1.807, 2.05) is 10.4 Å². The van der Waals surface area contributed by atoms with Crippen LogP contribution in [0.25, 0.3) is 34.4 Å². The summed E-state index contributed by atoms with van der Waals surface area (Å²) >= 11 is -3.00. The summed E-state index contributed by atoms with van der Waals surface area (Å²) in [7, 11) is -1.86. The van der Waals surface area contributed by atoms with Gasteiger partial charge in [0, 0.05) is 0 Å². The summed E-state index contributed by atoms with van der Waals surface area (Å²) in [5.74, 6) is 0. The zero-order valence-corrected chi connectivity index (χ0v) is 29.8. The Labute approximate surface area is 246 Å². The van der Waals surface area contributed by atoms with E-state index in [0.29, 0.717) is 7.35 Å². The third-order valence-corrected chi connectivity index (χ3v) is 31.5. The predicted octanol–water partition coefficient (Wildman–Crippen LogP) is 10.9. The van der Waals surface area contributed by atoms with Gasteiger partial charge in [0.05, 0.1) is 0 Å². The van der Waals surface area contributed by atoms with E-state index < -0.39 is 28.0 Å². The van der Waals surface area contributed by atoms with Crippen molar-refractivity contribution in [2.75, 3.05) is 0 Å². The minimum absolute atomic E-state index is 0.672. The molecule has 3 aliphatic rings. The Morgan fingerprint density at radius 1 is 0.525 bits per heavy atom. The van der Waals surface area contributed by atoms with Crippen LogP contribution in [0.15, 0.2) is 83.2 Å². The van der Waals surface area contributed by atoms with E-state index in [4.69, 9.17) is 0 Å². The third-order valence-electron chi connectivity index (χ3n) is 10.6. The second kappa shape index (κ2) is 8.97. The summed E-state index contributed by atoms with van der Waals surface area (Å²) in [6.07, 6.45) is 5.39. The van der Waals surface area contributed by atoms with E-state index in [9.17, 15) is 0 Å². The van der Waals surface area contributed by atoms with Gasteiger partial charge in [-0.1, -0.05) is 0 Å². The van der Waals surface area contributed by atoms with Crippen molar-refractivity contribution in [1.29, 1.82) is 0 Å². The molecule has 40 heavy (non-hydrogen) atoms. The van der Waals surface area contributed by atoms with Gasteiger partial charge >= 0.3 is 248 Å². The normalized spacial score (nSPS) is 21.2. The van der Waals surface area contributed by atoms with E-state index in [1.165, 1.54) is 55.6 Å². The monoisotopic (exact) mass is 704 g/mol. The van der Waals surface area contributed by atoms with Crippen molar-refractivity contribution in [2.45, 2.75) is 57.5 Å². The molecule has 2 heteroatoms. The fraction of sp³-hybridized carbons (Fsp3) is 0.263. The summed E-state index contributed by atoms with van der Waals surface area (Å²) in [6, 6.07) is 27.9. The molecule has 0 nitrogen and oxygen atoms in total. The molecule has 2 unspecified atom stereocenters. The molecule has 0 saturated carbocycles. The maximum atomic E-state index is 2.77. The van der Waals surface area contributed by atoms with Crippen LogP contribution in [0.5, 0.6) is 0 Å². The molecule has 1 aliphatic heterocycles. The van der Waals surface area contributed by atoms with Gasteiger partial charge in [0.25, 0.3) is 0 Å². The molecule has 4 aromatic rings. The average molecular weight is 703 g/mol. The van der Waals surface area contributed by atoms with Gasteiger partial charge in [-0.3, -0.25) is 0 Å². The predicted molar refractivity (Wildman–Crippen MR) is 173 cm³/mol. The van der Waals surface area contributed by atoms with Crippen LogP contribution in [-0.2, 0) is 20.0 Å². The number of allylic oxidation sites excluding steroid dienone is 2. The van der Waals surface area contributed by atoms with Crippen LogP contribution in [0.3, 0.4) is 0 Å². The summed E-state index contributed by atoms with van der Waals surface area (Å²) in [6.45, 7) is 14.4. The molecule has 0 radical (unpaired) electrons. The molecule has 0 N–H and O–H groups in total. The molecule has 2 aliphatic carbocycles. The second-order valence-electron chi connectivity index (χ2n) is 13.7. The number of aryl methyl sites for hydroxylation is 4. The fourth-order valence-electron chi connectivity index (χ4n) is 8.74. The molecule has 7 rings (SSSR count). The molecule has 1 saturated heterocycles. The minimum atomic E-state index is -3.00. The topological polar surface area (TPSA) is 0 Å². The van der Waals surface area contributed by atoms with E-state index in [-0.39, 0.29) is 0 Å². The first-order chi connectivity index (χ1) is 19.0. The SMILES string of the molecule is Cc1cccc(C)c1-c1cccc2c1C=C1[CH]2[Hf]([CH3])([CH3])[CH]2C(=Cc3c(-c4c(C)cccc4C)cccc32)[Si]1(C)C. The second-order valence-corrected chi connectivity index (χ2v) is 35.3. The van der Waals surface area contributed by atoms with Gasteiger partial charge in [-0.25, -0.2) is 0 Å². The molecular weight excluding hydrogens is 663 g/mol. The van der Waals surface area contributed by atoms with Crippen molar-refractivity contribution < 1.29 is 20.0 Å². The number of rotatable bonds is 2. The molecule has 1 fully saturated rings. The molecule has 0 bridgehead atoms.